The maximum absolute atomic E-state index is 14.1. The van der Waals surface area contributed by atoms with Gasteiger partial charge in [0.05, 0.1) is 48.5 Å². The number of amides is 8. The lowest BCUT2D eigenvalue weighted by atomic mass is 9.98. The second-order valence-electron chi connectivity index (χ2n) is 42.1. The zero-order chi connectivity index (χ0) is 102. The van der Waals surface area contributed by atoms with Gasteiger partial charge in [-0.3, -0.25) is 38.4 Å². The molecule has 139 heavy (non-hydrogen) atoms. The second-order valence-corrected chi connectivity index (χ2v) is 46.1. The number of piperidine rings is 1. The molecule has 4 aliphatic heterocycles. The average molecular weight is 2000 g/mol. The van der Waals surface area contributed by atoms with Gasteiger partial charge in [0.15, 0.2) is 20.0 Å². The first-order valence-corrected chi connectivity index (χ1v) is 51.8. The predicted molar refractivity (Wildman–Crippen MR) is 546 cm³/mol. The molecule has 6 fully saturated rings. The molecule has 0 radical (unpaired) electrons. The minimum absolute atomic E-state index is 0.0117. The zero-order valence-electron chi connectivity index (χ0n) is 85.1. The molecule has 2 aliphatic carbocycles. The summed E-state index contributed by atoms with van der Waals surface area (Å²) in [6, 6.07) is 8.14. The Hall–Kier alpha value is -10.2. The van der Waals surface area contributed by atoms with Crippen LogP contribution in [0.4, 0.5) is 32.1 Å². The van der Waals surface area contributed by atoms with Crippen LogP contribution >= 0.6 is 45.3 Å². The topological polar surface area (TPSA) is 430 Å². The van der Waals surface area contributed by atoms with Crippen LogP contribution in [0.1, 0.15) is 332 Å². The zero-order valence-corrected chi connectivity index (χ0v) is 88.4. The van der Waals surface area contributed by atoms with E-state index in [0.29, 0.717) is 85.8 Å². The summed E-state index contributed by atoms with van der Waals surface area (Å²) in [7, 11) is 0. The summed E-state index contributed by atoms with van der Waals surface area (Å²) >= 11 is 4.58. The van der Waals surface area contributed by atoms with Gasteiger partial charge in [0, 0.05) is 147 Å². The minimum Gasteiger partial charge on any atom is -0.389 e. The first kappa shape index (κ1) is 109. The van der Waals surface area contributed by atoms with Crippen LogP contribution in [-0.2, 0) is 0 Å². The van der Waals surface area contributed by atoms with Crippen molar-refractivity contribution in [3.05, 3.63) is 114 Å². The number of anilines is 4. The van der Waals surface area contributed by atoms with Gasteiger partial charge in [0.25, 0.3) is 53.2 Å². The van der Waals surface area contributed by atoms with Crippen molar-refractivity contribution in [3.8, 4) is 41.8 Å². The van der Waals surface area contributed by atoms with Gasteiger partial charge in [-0.2, -0.15) is 0 Å². The molecule has 0 bridgehead atoms. The molecule has 14 rings (SSSR count). The fourth-order valence-corrected chi connectivity index (χ4v) is 21.0. The summed E-state index contributed by atoms with van der Waals surface area (Å²) in [5.41, 5.74) is 3.09. The smallest absolute Gasteiger partial charge is 0.280 e. The number of hydrogen-bond acceptors (Lipinski definition) is 28. The van der Waals surface area contributed by atoms with E-state index in [1.54, 1.807) is 87.1 Å². The van der Waals surface area contributed by atoms with Crippen molar-refractivity contribution < 1.29 is 67.6 Å². The number of aromatic nitrogens is 8. The quantitative estimate of drug-likeness (QED) is 0.0186. The Morgan fingerprint density at radius 2 is 0.655 bits per heavy atom. The van der Waals surface area contributed by atoms with Gasteiger partial charge in [-0.05, 0) is 294 Å². The van der Waals surface area contributed by atoms with Gasteiger partial charge in [0.2, 0.25) is 0 Å². The van der Waals surface area contributed by atoms with Crippen molar-refractivity contribution in [2.45, 2.75) is 332 Å². The van der Waals surface area contributed by atoms with Crippen molar-refractivity contribution in [1.29, 1.82) is 0 Å². The lowest BCUT2D eigenvalue weighted by molar-refractivity contribution is 0.0117. The first-order valence-electron chi connectivity index (χ1n) is 48.6. The molecule has 6 aliphatic rings. The minimum atomic E-state index is -2.97. The van der Waals surface area contributed by atoms with Crippen LogP contribution in [0.2, 0.25) is 0 Å². The van der Waals surface area contributed by atoms with E-state index in [2.05, 4.69) is 145 Å². The number of halogens is 2. The van der Waals surface area contributed by atoms with E-state index in [0.717, 1.165) is 130 Å². The number of carbonyl (C=O) groups is 8. The highest BCUT2D eigenvalue weighted by molar-refractivity contribution is 7.18. The van der Waals surface area contributed by atoms with Crippen molar-refractivity contribution >= 4 is 116 Å². The highest BCUT2D eigenvalue weighted by Crippen LogP contribution is 2.46. The summed E-state index contributed by atoms with van der Waals surface area (Å²) in [6.07, 6.45) is 20.1. The monoisotopic (exact) mass is 2000 g/mol. The molecule has 8 aromatic rings. The second kappa shape index (κ2) is 44.9. The number of pyridine rings is 4. The van der Waals surface area contributed by atoms with E-state index >= 15 is 0 Å². The Morgan fingerprint density at radius 3 is 0.885 bits per heavy atom. The van der Waals surface area contributed by atoms with Gasteiger partial charge < -0.3 is 82.6 Å². The molecule has 2 saturated carbocycles. The van der Waals surface area contributed by atoms with Gasteiger partial charge in [-0.15, -0.1) is 45.3 Å². The van der Waals surface area contributed by atoms with E-state index in [1.807, 2.05) is 80.5 Å². The molecular weight excluding hydrogens is 1850 g/mol. The van der Waals surface area contributed by atoms with E-state index in [4.69, 9.17) is 0 Å². The number of nitrogens with one attached hydrogen (secondary N) is 8. The molecule has 0 aromatic carbocycles. The van der Waals surface area contributed by atoms with Gasteiger partial charge >= 0.3 is 0 Å². The molecule has 0 spiro atoms. The highest BCUT2D eigenvalue weighted by atomic mass is 32.1. The van der Waals surface area contributed by atoms with E-state index in [1.165, 1.54) is 59.7 Å². The summed E-state index contributed by atoms with van der Waals surface area (Å²) in [5.74, 6) is -1.54. The Labute approximate surface area is 832 Å². The lowest BCUT2D eigenvalue weighted by Crippen LogP contribution is -2.42. The maximum atomic E-state index is 14.1. The SMILES string of the molecule is CC[C@@H](C)Nc1cc(C)c(-c2sc(C(=O)NCC(C)(C)O)nc2C(=O)N2CCCC[C@@H]2C)cn1.CC[C@@H](C)Nc1cc(C)c(-c2sc(C(=O)NCC(C)(C)O)nc2C(=O)N2CCC[C@@H]2C)cn1.Cc1cc(NC(C)(C)C2CC2)ncc1-c1sc(C(=O)NCC(C)(C)O)nc1C(=O)N1CC(F)(F)C[C@@H]1C.Cc1cc(NC(C)(C)C2CC2)ncc1-c1sc(C(=O)NCC(C)(C)O)nc1C(=O)N1CCC[C@@H]1C. The maximum Gasteiger partial charge on any atom is 0.280 e. The van der Waals surface area contributed by atoms with Gasteiger partial charge in [0.1, 0.15) is 46.0 Å². The number of nitrogens with zero attached hydrogens (tertiary/aromatic N) is 12. The largest absolute Gasteiger partial charge is 0.389 e. The van der Waals surface area contributed by atoms with Crippen LogP contribution in [-0.4, -0.2) is 255 Å². The van der Waals surface area contributed by atoms with Crippen molar-refractivity contribution in [2.24, 2.45) is 11.8 Å². The molecule has 8 amide bonds. The third-order valence-corrected chi connectivity index (χ3v) is 30.2. The molecule has 4 saturated heterocycles. The number of likely N-dealkylation sites (tertiary alicyclic amines) is 4. The molecule has 38 heteroatoms. The number of aryl methyl sites for hydroxylation is 4. The van der Waals surface area contributed by atoms with E-state index in [9.17, 15) is 67.6 Å². The molecule has 8 aromatic heterocycles. The molecule has 32 nitrogen and oxygen atoms in total. The Morgan fingerprint density at radius 1 is 0.396 bits per heavy atom. The summed E-state index contributed by atoms with van der Waals surface area (Å²) in [5, 5.41) is 65.0. The van der Waals surface area contributed by atoms with Crippen LogP contribution in [0.3, 0.4) is 0 Å². The summed E-state index contributed by atoms with van der Waals surface area (Å²) in [6.45, 7) is 47.1. The molecule has 12 heterocycles. The van der Waals surface area contributed by atoms with E-state index in [-0.39, 0.29) is 105 Å². The average Bonchev–Trinajstić information content (AvgIpc) is 1.63. The fraction of sp³-hybridized carbons (Fsp3) is 0.604. The molecule has 758 valence electrons. The lowest BCUT2D eigenvalue weighted by Gasteiger charge is -2.33. The van der Waals surface area contributed by atoms with Crippen LogP contribution in [0.5, 0.6) is 0 Å². The third kappa shape index (κ3) is 29.3. The molecule has 12 N–H and O–H groups in total. The van der Waals surface area contributed by atoms with Crippen LogP contribution < -0.4 is 42.5 Å². The van der Waals surface area contributed by atoms with Crippen LogP contribution in [0, 0.1) is 39.5 Å². The standard InChI is InChI=1S/C26H35F2N5O3S.C26H37N5O3S.C25H37N5O3S.C24H35N5O3S/c1-14-9-18(32-25(5,6)16-7-8-16)29-11-17(14)20-19(23(35)33-13-26(27,28)10-15(33)2)31-22(37-20)21(34)30-12-24(3,4)36;1-15-12-19(30-26(5,6)17-9-10-17)27-13-18(15)21-20(24(33)31-11-7-8-16(31)2)29-23(35-21)22(32)28-14-25(3,4)34;1-7-16(3)28-19-12-15(2)18(13-26-19)21-20(24(32)30-11-9-8-10-17(30)4)29-23(34-21)22(31)27-14-25(5,6)33;1-7-15(3)27-18-11-14(2)17(12-25-18)20-19(23(31)29-10-8-9-16(29)4)28-22(33-20)21(30)26-13-24(5,6)32/h9,11,15-16,36H,7-8,10,12-13H2,1-6H3,(H,29,32)(H,30,34);12-13,16-17,34H,7-11,14H2,1-6H3,(H,27,30)(H,28,32);12-13,16-17,33H,7-11,14H2,1-6H3,(H,26,28)(H,27,31);11-12,15-16,32H,7-10,13H2,1-6H3,(H,25,27)(H,26,30)/t15-;16-;16-,17+;15-,16+/m0011/s1. The predicted octanol–water partition coefficient (Wildman–Crippen LogP) is 16.8. The number of rotatable bonds is 32. The Balaban J connectivity index is 0.000000178. The molecule has 0 unspecified atom stereocenters. The molecule has 6 atom stereocenters. The number of hydrogen-bond donors (Lipinski definition) is 12. The highest BCUT2D eigenvalue weighted by Gasteiger charge is 2.48. The van der Waals surface area contributed by atoms with Crippen LogP contribution in [0.25, 0.3) is 41.8 Å². The van der Waals surface area contributed by atoms with Crippen molar-refractivity contribution in [2.75, 3.05) is 73.6 Å². The normalized spacial score (nSPS) is 18.3. The Bertz CT molecular complexity index is 5740. The van der Waals surface area contributed by atoms with Crippen molar-refractivity contribution in [1.82, 2.24) is 80.7 Å². The fourth-order valence-electron chi connectivity index (χ4n) is 16.8. The number of alkyl halides is 2. The first-order chi connectivity index (χ1) is 64.9. The van der Waals surface area contributed by atoms with Gasteiger partial charge in [-0.1, -0.05) is 13.8 Å². The Kier molecular flexibility index (Phi) is 35.3. The third-order valence-electron chi connectivity index (χ3n) is 25.8. The van der Waals surface area contributed by atoms with Gasteiger partial charge in [-0.25, -0.2) is 48.7 Å². The van der Waals surface area contributed by atoms with Crippen LogP contribution in [0.15, 0.2) is 49.1 Å². The summed E-state index contributed by atoms with van der Waals surface area (Å²) in [4.78, 5) is 150. The number of aliphatic hydroxyl groups is 4. The van der Waals surface area contributed by atoms with Crippen molar-refractivity contribution in [3.63, 3.8) is 0 Å². The number of carbonyl (C=O) groups excluding carboxylic acids is 8. The van der Waals surface area contributed by atoms with E-state index < -0.39 is 76.9 Å². The summed E-state index contributed by atoms with van der Waals surface area (Å²) < 4.78 is 28.2. The molecular formula is C101H144F2N20O12S4. The number of thiazole rings is 4.